The molecule has 1 N–H and O–H groups in total. The Morgan fingerprint density at radius 1 is 1.15 bits per heavy atom. The molecule has 7 nitrogen and oxygen atoms in total. The highest BCUT2D eigenvalue weighted by atomic mass is 15.4. The Morgan fingerprint density at radius 3 is 2.85 bits per heavy atom. The van der Waals surface area contributed by atoms with Crippen molar-refractivity contribution in [3.63, 3.8) is 0 Å². The van der Waals surface area contributed by atoms with E-state index in [-0.39, 0.29) is 0 Å². The molecule has 0 radical (unpaired) electrons. The van der Waals surface area contributed by atoms with E-state index in [1.807, 2.05) is 34.3 Å². The summed E-state index contributed by atoms with van der Waals surface area (Å²) in [5.41, 5.74) is 6.17. The van der Waals surface area contributed by atoms with E-state index in [0.717, 1.165) is 65.4 Å². The van der Waals surface area contributed by atoms with Crippen LogP contribution in [0.3, 0.4) is 0 Å². The first-order valence-electron chi connectivity index (χ1n) is 9.05. The lowest BCUT2D eigenvalue weighted by molar-refractivity contribution is 0.585. The molecule has 0 aliphatic rings. The molecule has 0 atom stereocenters. The van der Waals surface area contributed by atoms with Crippen LogP contribution in [0.25, 0.3) is 16.7 Å². The van der Waals surface area contributed by atoms with E-state index in [1.165, 1.54) is 0 Å². The van der Waals surface area contributed by atoms with Crippen molar-refractivity contribution in [2.75, 3.05) is 11.9 Å². The summed E-state index contributed by atoms with van der Waals surface area (Å²) in [4.78, 5) is 4.72. The molecule has 0 unspecified atom stereocenters. The van der Waals surface area contributed by atoms with Crippen LogP contribution in [0.5, 0.6) is 0 Å². The monoisotopic (exact) mass is 349 g/mol. The van der Waals surface area contributed by atoms with E-state index in [0.29, 0.717) is 0 Å². The molecule has 0 saturated heterocycles. The van der Waals surface area contributed by atoms with Gasteiger partial charge in [-0.15, -0.1) is 5.10 Å². The Kier molecular flexibility index (Phi) is 4.28. The van der Waals surface area contributed by atoms with E-state index in [2.05, 4.69) is 46.7 Å². The molecular weight excluding hydrogens is 326 g/mol. The molecule has 0 aliphatic carbocycles. The molecule has 0 saturated carbocycles. The number of aromatic nitrogens is 6. The van der Waals surface area contributed by atoms with Crippen LogP contribution in [0.4, 0.5) is 5.82 Å². The van der Waals surface area contributed by atoms with Crippen molar-refractivity contribution in [1.82, 2.24) is 29.6 Å². The van der Waals surface area contributed by atoms with Crippen molar-refractivity contribution in [1.29, 1.82) is 0 Å². The number of para-hydroxylation sites is 1. The van der Waals surface area contributed by atoms with Gasteiger partial charge in [0.1, 0.15) is 11.3 Å². The van der Waals surface area contributed by atoms with Gasteiger partial charge in [-0.05, 0) is 38.8 Å². The number of nitrogens with zero attached hydrogens (tertiary/aromatic N) is 6. The first kappa shape index (κ1) is 16.5. The molecule has 0 aliphatic heterocycles. The van der Waals surface area contributed by atoms with Gasteiger partial charge in [-0.3, -0.25) is 0 Å². The van der Waals surface area contributed by atoms with Gasteiger partial charge < -0.3 is 5.32 Å². The van der Waals surface area contributed by atoms with Crippen molar-refractivity contribution in [2.45, 2.75) is 40.2 Å². The quantitative estimate of drug-likeness (QED) is 0.541. The third kappa shape index (κ3) is 2.89. The van der Waals surface area contributed by atoms with Gasteiger partial charge in [0.25, 0.3) is 0 Å². The van der Waals surface area contributed by atoms with Gasteiger partial charge in [-0.2, -0.15) is 9.61 Å². The lowest BCUT2D eigenvalue weighted by atomic mass is 10.2. The van der Waals surface area contributed by atoms with Gasteiger partial charge in [-0.1, -0.05) is 24.3 Å². The maximum Gasteiger partial charge on any atom is 0.160 e. The van der Waals surface area contributed by atoms with Crippen LogP contribution in [0.2, 0.25) is 0 Å². The smallest absolute Gasteiger partial charge is 0.160 e. The summed E-state index contributed by atoms with van der Waals surface area (Å²) >= 11 is 0. The molecule has 0 bridgehead atoms. The predicted molar refractivity (Wildman–Crippen MR) is 102 cm³/mol. The molecule has 0 fully saturated rings. The molecule has 0 amide bonds. The van der Waals surface area contributed by atoms with Crippen molar-refractivity contribution in [3.8, 4) is 0 Å². The highest BCUT2D eigenvalue weighted by molar-refractivity contribution is 5.73. The van der Waals surface area contributed by atoms with E-state index in [1.54, 1.807) is 0 Å². The van der Waals surface area contributed by atoms with Crippen LogP contribution in [-0.4, -0.2) is 36.1 Å². The molecular formula is C19H23N7. The van der Waals surface area contributed by atoms with E-state index >= 15 is 0 Å². The number of hydrogen-bond acceptors (Lipinski definition) is 5. The van der Waals surface area contributed by atoms with Gasteiger partial charge in [-0.25, -0.2) is 9.67 Å². The first-order chi connectivity index (χ1) is 12.7. The standard InChI is InChI=1S/C19H23N7/c1-4-15-12-18(26-19(21-15)13(2)14(3)23-26)20-10-7-11-25-17-9-6-5-8-16(17)22-24-25/h5-6,8-9,12,20H,4,7,10-11H2,1-3H3. The van der Waals surface area contributed by atoms with Gasteiger partial charge >= 0.3 is 0 Å². The molecule has 3 aromatic heterocycles. The van der Waals surface area contributed by atoms with Crippen molar-refractivity contribution in [3.05, 3.63) is 47.3 Å². The predicted octanol–water partition coefficient (Wildman–Crippen LogP) is 3.16. The first-order valence-corrected chi connectivity index (χ1v) is 9.05. The minimum absolute atomic E-state index is 0.819. The lowest BCUT2D eigenvalue weighted by Crippen LogP contribution is -2.11. The number of hydrogen-bond donors (Lipinski definition) is 1. The highest BCUT2D eigenvalue weighted by Crippen LogP contribution is 2.19. The summed E-state index contributed by atoms with van der Waals surface area (Å²) < 4.78 is 3.87. The Bertz CT molecular complexity index is 1060. The fraction of sp³-hybridized carbons (Fsp3) is 0.368. The second-order valence-corrected chi connectivity index (χ2v) is 6.51. The lowest BCUT2D eigenvalue weighted by Gasteiger charge is -2.10. The summed E-state index contributed by atoms with van der Waals surface area (Å²) in [6.07, 6.45) is 1.84. The fourth-order valence-electron chi connectivity index (χ4n) is 3.11. The van der Waals surface area contributed by atoms with E-state index < -0.39 is 0 Å². The van der Waals surface area contributed by atoms with Gasteiger partial charge in [0.05, 0.1) is 11.2 Å². The second-order valence-electron chi connectivity index (χ2n) is 6.51. The zero-order chi connectivity index (χ0) is 18.1. The molecule has 4 aromatic rings. The molecule has 7 heteroatoms. The minimum Gasteiger partial charge on any atom is -0.370 e. The summed E-state index contributed by atoms with van der Waals surface area (Å²) in [6.45, 7) is 7.86. The Balaban J connectivity index is 1.48. The van der Waals surface area contributed by atoms with Gasteiger partial charge in [0, 0.05) is 30.4 Å². The van der Waals surface area contributed by atoms with Crippen LogP contribution in [-0.2, 0) is 13.0 Å². The molecule has 134 valence electrons. The second kappa shape index (κ2) is 6.74. The third-order valence-corrected chi connectivity index (χ3v) is 4.75. The van der Waals surface area contributed by atoms with Crippen LogP contribution in [0, 0.1) is 13.8 Å². The van der Waals surface area contributed by atoms with Crippen molar-refractivity contribution in [2.24, 2.45) is 0 Å². The highest BCUT2D eigenvalue weighted by Gasteiger charge is 2.11. The zero-order valence-corrected chi connectivity index (χ0v) is 15.4. The average Bonchev–Trinajstić information content (AvgIpc) is 3.20. The zero-order valence-electron chi connectivity index (χ0n) is 15.4. The van der Waals surface area contributed by atoms with Gasteiger partial charge in [0.15, 0.2) is 5.65 Å². The average molecular weight is 349 g/mol. The Hall–Kier alpha value is -2.96. The van der Waals surface area contributed by atoms with Crippen LogP contribution < -0.4 is 5.32 Å². The SMILES string of the molecule is CCc1cc(NCCCn2nnc3ccccc32)n2nc(C)c(C)c2n1. The number of anilines is 1. The van der Waals surface area contributed by atoms with Gasteiger partial charge in [0.2, 0.25) is 0 Å². The minimum atomic E-state index is 0.819. The summed E-state index contributed by atoms with van der Waals surface area (Å²) in [7, 11) is 0. The topological polar surface area (TPSA) is 72.9 Å². The number of aryl methyl sites for hydroxylation is 4. The third-order valence-electron chi connectivity index (χ3n) is 4.75. The molecule has 1 aromatic carbocycles. The summed E-state index contributed by atoms with van der Waals surface area (Å²) in [5.74, 6) is 0.992. The van der Waals surface area contributed by atoms with Crippen molar-refractivity contribution >= 4 is 22.5 Å². The number of nitrogens with one attached hydrogen (secondary N) is 1. The van der Waals surface area contributed by atoms with E-state index in [4.69, 9.17) is 4.98 Å². The number of fused-ring (bicyclic) bond motifs is 2. The van der Waals surface area contributed by atoms with Crippen molar-refractivity contribution < 1.29 is 0 Å². The maximum atomic E-state index is 4.72. The molecule has 3 heterocycles. The Morgan fingerprint density at radius 2 is 2.00 bits per heavy atom. The largest absolute Gasteiger partial charge is 0.370 e. The normalized spacial score (nSPS) is 11.5. The van der Waals surface area contributed by atoms with Crippen LogP contribution in [0.1, 0.15) is 30.3 Å². The Labute approximate surface area is 152 Å². The van der Waals surface area contributed by atoms with E-state index in [9.17, 15) is 0 Å². The fourth-order valence-corrected chi connectivity index (χ4v) is 3.11. The van der Waals surface area contributed by atoms with Crippen LogP contribution in [0.15, 0.2) is 30.3 Å². The number of benzene rings is 1. The number of rotatable bonds is 6. The maximum absolute atomic E-state index is 4.72. The summed E-state index contributed by atoms with van der Waals surface area (Å²) in [5, 5.41) is 16.6. The molecule has 0 spiro atoms. The molecule has 4 rings (SSSR count). The summed E-state index contributed by atoms with van der Waals surface area (Å²) in [6, 6.07) is 10.1. The van der Waals surface area contributed by atoms with Crippen LogP contribution >= 0.6 is 0 Å². The molecule has 26 heavy (non-hydrogen) atoms.